The second-order valence-electron chi connectivity index (χ2n) is 4.27. The monoisotopic (exact) mass is 291 g/mol. The molecule has 0 spiro atoms. The molecule has 0 aliphatic heterocycles. The molecule has 2 N–H and O–H groups in total. The van der Waals surface area contributed by atoms with Crippen LogP contribution in [-0.2, 0) is 6.42 Å². The average molecular weight is 292 g/mol. The summed E-state index contributed by atoms with van der Waals surface area (Å²) in [5.74, 6) is 2.24. The van der Waals surface area contributed by atoms with Crippen LogP contribution < -0.4 is 15.2 Å². The third kappa shape index (κ3) is 3.65. The lowest BCUT2D eigenvalue weighted by atomic mass is 10.1. The molecule has 0 bridgehead atoms. The van der Waals surface area contributed by atoms with Crippen LogP contribution in [0.25, 0.3) is 0 Å². The molecule has 2 rings (SSSR count). The molecule has 0 unspecified atom stereocenters. The predicted octanol–water partition coefficient (Wildman–Crippen LogP) is 4.03. The maximum absolute atomic E-state index is 6.20. The van der Waals surface area contributed by atoms with E-state index in [0.29, 0.717) is 24.6 Å². The van der Waals surface area contributed by atoms with E-state index in [1.807, 2.05) is 49.4 Å². The Balaban J connectivity index is 2.25. The van der Waals surface area contributed by atoms with E-state index >= 15 is 0 Å². The lowest BCUT2D eigenvalue weighted by Crippen LogP contribution is -2.04. The maximum Gasteiger partial charge on any atom is 0.132 e. The van der Waals surface area contributed by atoms with Gasteiger partial charge in [-0.2, -0.15) is 0 Å². The largest absolute Gasteiger partial charge is 0.494 e. The zero-order chi connectivity index (χ0) is 14.4. The second-order valence-corrected chi connectivity index (χ2v) is 4.67. The van der Waals surface area contributed by atoms with E-state index in [1.54, 1.807) is 0 Å². The summed E-state index contributed by atoms with van der Waals surface area (Å²) in [6, 6.07) is 13.1. The van der Waals surface area contributed by atoms with Crippen LogP contribution in [0.1, 0.15) is 12.5 Å². The van der Waals surface area contributed by atoms with Gasteiger partial charge in [0.2, 0.25) is 0 Å². The second kappa shape index (κ2) is 7.17. The highest BCUT2D eigenvalue weighted by atomic mass is 35.5. The van der Waals surface area contributed by atoms with Crippen molar-refractivity contribution in [1.29, 1.82) is 0 Å². The van der Waals surface area contributed by atoms with Crippen LogP contribution in [0.15, 0.2) is 42.5 Å². The fourth-order valence-corrected chi connectivity index (χ4v) is 2.20. The van der Waals surface area contributed by atoms with Gasteiger partial charge in [0.1, 0.15) is 17.2 Å². The molecule has 0 fully saturated rings. The van der Waals surface area contributed by atoms with Crippen molar-refractivity contribution in [3.63, 3.8) is 0 Å². The molecule has 4 heteroatoms. The van der Waals surface area contributed by atoms with Crippen LogP contribution in [0.4, 0.5) is 0 Å². The van der Waals surface area contributed by atoms with E-state index in [-0.39, 0.29) is 0 Å². The van der Waals surface area contributed by atoms with Crippen molar-refractivity contribution in [2.24, 2.45) is 5.73 Å². The van der Waals surface area contributed by atoms with Gasteiger partial charge in [-0.15, -0.1) is 0 Å². The van der Waals surface area contributed by atoms with E-state index in [9.17, 15) is 0 Å². The predicted molar refractivity (Wildman–Crippen MR) is 81.9 cm³/mol. The molecule has 0 saturated heterocycles. The van der Waals surface area contributed by atoms with Crippen LogP contribution in [0, 0.1) is 0 Å². The van der Waals surface area contributed by atoms with Crippen LogP contribution in [0.2, 0.25) is 5.02 Å². The van der Waals surface area contributed by atoms with Gasteiger partial charge in [-0.3, -0.25) is 0 Å². The Morgan fingerprint density at radius 1 is 1.10 bits per heavy atom. The minimum atomic E-state index is 0.527. The van der Waals surface area contributed by atoms with Crippen molar-refractivity contribution in [2.75, 3.05) is 13.2 Å². The topological polar surface area (TPSA) is 44.5 Å². The molecule has 0 aromatic heterocycles. The Labute approximate surface area is 124 Å². The first-order chi connectivity index (χ1) is 9.74. The van der Waals surface area contributed by atoms with Crippen molar-refractivity contribution in [3.05, 3.63) is 53.1 Å². The highest BCUT2D eigenvalue weighted by molar-refractivity contribution is 6.31. The number of rotatable bonds is 6. The first kappa shape index (κ1) is 14.7. The summed E-state index contributed by atoms with van der Waals surface area (Å²) in [4.78, 5) is 0. The molecule has 0 atom stereocenters. The fraction of sp³-hybridized carbons (Fsp3) is 0.250. The molecule has 0 radical (unpaired) electrons. The van der Waals surface area contributed by atoms with Gasteiger partial charge in [0.15, 0.2) is 0 Å². The average Bonchev–Trinajstić information content (AvgIpc) is 2.44. The highest BCUT2D eigenvalue weighted by Gasteiger charge is 2.09. The van der Waals surface area contributed by atoms with Crippen molar-refractivity contribution >= 4 is 11.6 Å². The third-order valence-corrected chi connectivity index (χ3v) is 3.17. The van der Waals surface area contributed by atoms with Crippen molar-refractivity contribution in [2.45, 2.75) is 13.3 Å². The Hall–Kier alpha value is -1.71. The summed E-state index contributed by atoms with van der Waals surface area (Å²) in [6.07, 6.45) is 0.681. The van der Waals surface area contributed by atoms with Gasteiger partial charge in [0.05, 0.1) is 6.61 Å². The van der Waals surface area contributed by atoms with E-state index in [4.69, 9.17) is 26.8 Å². The van der Waals surface area contributed by atoms with Crippen LogP contribution >= 0.6 is 11.6 Å². The molecule has 0 saturated carbocycles. The lowest BCUT2D eigenvalue weighted by Gasteiger charge is -2.13. The van der Waals surface area contributed by atoms with Crippen LogP contribution in [-0.4, -0.2) is 13.2 Å². The summed E-state index contributed by atoms with van der Waals surface area (Å²) in [5.41, 5.74) is 6.55. The Bertz CT molecular complexity index is 572. The smallest absolute Gasteiger partial charge is 0.132 e. The zero-order valence-corrected chi connectivity index (χ0v) is 12.2. The molecule has 2 aromatic rings. The molecule has 0 aliphatic carbocycles. The number of benzene rings is 2. The van der Waals surface area contributed by atoms with Gasteiger partial charge < -0.3 is 15.2 Å². The van der Waals surface area contributed by atoms with Crippen LogP contribution in [0.5, 0.6) is 17.2 Å². The third-order valence-electron chi connectivity index (χ3n) is 2.81. The van der Waals surface area contributed by atoms with E-state index in [0.717, 1.165) is 22.8 Å². The quantitative estimate of drug-likeness (QED) is 0.874. The first-order valence-electron chi connectivity index (χ1n) is 6.62. The standard InChI is InChI=1S/C16H18ClNO2/c1-2-19-12-5-3-6-13(11-12)20-16-8-4-7-15(17)14(16)9-10-18/h3-8,11H,2,9-10,18H2,1H3. The van der Waals surface area contributed by atoms with E-state index < -0.39 is 0 Å². The van der Waals surface area contributed by atoms with E-state index in [2.05, 4.69) is 0 Å². The number of hydrogen-bond donors (Lipinski definition) is 1. The molecule has 2 aromatic carbocycles. The highest BCUT2D eigenvalue weighted by Crippen LogP contribution is 2.32. The summed E-state index contributed by atoms with van der Waals surface area (Å²) in [6.45, 7) is 3.10. The Kier molecular flexibility index (Phi) is 5.27. The van der Waals surface area contributed by atoms with E-state index in [1.165, 1.54) is 0 Å². The minimum absolute atomic E-state index is 0.527. The van der Waals surface area contributed by atoms with Crippen molar-refractivity contribution in [3.8, 4) is 17.2 Å². The normalized spacial score (nSPS) is 10.3. The summed E-state index contributed by atoms with van der Waals surface area (Å²) >= 11 is 6.20. The molecule has 20 heavy (non-hydrogen) atoms. The number of hydrogen-bond acceptors (Lipinski definition) is 3. The molecular formula is C16H18ClNO2. The fourth-order valence-electron chi connectivity index (χ4n) is 1.94. The Morgan fingerprint density at radius 3 is 2.60 bits per heavy atom. The zero-order valence-electron chi connectivity index (χ0n) is 11.4. The van der Waals surface area contributed by atoms with Crippen molar-refractivity contribution < 1.29 is 9.47 Å². The number of ether oxygens (including phenoxy) is 2. The SMILES string of the molecule is CCOc1cccc(Oc2cccc(Cl)c2CCN)c1. The summed E-state index contributed by atoms with van der Waals surface area (Å²) in [5, 5.41) is 0.675. The number of nitrogens with two attached hydrogens (primary N) is 1. The van der Waals surface area contributed by atoms with Gasteiger partial charge in [-0.25, -0.2) is 0 Å². The maximum atomic E-state index is 6.20. The molecular weight excluding hydrogens is 274 g/mol. The van der Waals surface area contributed by atoms with Gasteiger partial charge in [-0.05, 0) is 44.2 Å². The molecule has 0 aliphatic rings. The lowest BCUT2D eigenvalue weighted by molar-refractivity contribution is 0.338. The van der Waals surface area contributed by atoms with Crippen molar-refractivity contribution in [1.82, 2.24) is 0 Å². The first-order valence-corrected chi connectivity index (χ1v) is 7.00. The van der Waals surface area contributed by atoms with Gasteiger partial charge in [0.25, 0.3) is 0 Å². The van der Waals surface area contributed by atoms with Crippen LogP contribution in [0.3, 0.4) is 0 Å². The number of halogens is 1. The van der Waals surface area contributed by atoms with Gasteiger partial charge in [-0.1, -0.05) is 23.7 Å². The summed E-state index contributed by atoms with van der Waals surface area (Å²) < 4.78 is 11.4. The minimum Gasteiger partial charge on any atom is -0.494 e. The molecule has 0 amide bonds. The summed E-state index contributed by atoms with van der Waals surface area (Å²) in [7, 11) is 0. The van der Waals surface area contributed by atoms with Gasteiger partial charge in [0, 0.05) is 16.7 Å². The molecule has 3 nitrogen and oxygen atoms in total. The van der Waals surface area contributed by atoms with Gasteiger partial charge >= 0.3 is 0 Å². The molecule has 0 heterocycles. The molecule has 106 valence electrons. The Morgan fingerprint density at radius 2 is 1.85 bits per heavy atom.